The molecule has 0 saturated carbocycles. The van der Waals surface area contributed by atoms with Gasteiger partial charge in [-0.2, -0.15) is 0 Å². The van der Waals surface area contributed by atoms with Crippen LogP contribution in [0.4, 0.5) is 11.4 Å². The molecule has 4 rings (SSSR count). The first-order valence-corrected chi connectivity index (χ1v) is 9.53. The average molecular weight is 398 g/mol. The van der Waals surface area contributed by atoms with Crippen molar-refractivity contribution in [3.05, 3.63) is 81.6 Å². The van der Waals surface area contributed by atoms with Crippen LogP contribution in [-0.2, 0) is 6.54 Å². The summed E-state index contributed by atoms with van der Waals surface area (Å²) in [7, 11) is 0. The highest BCUT2D eigenvalue weighted by Crippen LogP contribution is 2.25. The van der Waals surface area contributed by atoms with Gasteiger partial charge in [-0.25, -0.2) is 0 Å². The maximum absolute atomic E-state index is 10.8. The van der Waals surface area contributed by atoms with E-state index in [-0.39, 0.29) is 10.6 Å². The summed E-state index contributed by atoms with van der Waals surface area (Å²) in [5, 5.41) is 11.5. The van der Waals surface area contributed by atoms with Gasteiger partial charge in [0, 0.05) is 54.6 Å². The van der Waals surface area contributed by atoms with Crippen LogP contribution in [0.25, 0.3) is 11.3 Å². The Morgan fingerprint density at radius 3 is 2.25 bits per heavy atom. The van der Waals surface area contributed by atoms with Crippen LogP contribution in [0.2, 0.25) is 5.02 Å². The number of anilines is 1. The number of nitro benzene ring substituents is 1. The van der Waals surface area contributed by atoms with Gasteiger partial charge in [-0.3, -0.25) is 15.0 Å². The number of nitrogens with zero attached hydrogens (tertiary/aromatic N) is 3. The molecular formula is C21H20ClN3O3. The second-order valence-electron chi connectivity index (χ2n) is 6.81. The Labute approximate surface area is 168 Å². The topological polar surface area (TPSA) is 62.8 Å². The Morgan fingerprint density at radius 1 is 0.929 bits per heavy atom. The van der Waals surface area contributed by atoms with Gasteiger partial charge in [-0.05, 0) is 48.5 Å². The number of halogens is 1. The number of furan rings is 1. The summed E-state index contributed by atoms with van der Waals surface area (Å²) in [6.45, 7) is 4.34. The molecule has 0 radical (unpaired) electrons. The van der Waals surface area contributed by atoms with Gasteiger partial charge >= 0.3 is 0 Å². The zero-order chi connectivity index (χ0) is 19.5. The molecule has 0 amide bonds. The molecule has 2 heterocycles. The van der Waals surface area contributed by atoms with Gasteiger partial charge in [0.25, 0.3) is 5.69 Å². The van der Waals surface area contributed by atoms with E-state index in [0.717, 1.165) is 55.5 Å². The third kappa shape index (κ3) is 4.18. The molecule has 6 nitrogen and oxygen atoms in total. The van der Waals surface area contributed by atoms with Crippen molar-refractivity contribution in [2.75, 3.05) is 31.1 Å². The summed E-state index contributed by atoms with van der Waals surface area (Å²) in [5.41, 5.74) is 2.16. The van der Waals surface area contributed by atoms with Crippen molar-refractivity contribution in [1.82, 2.24) is 4.90 Å². The molecule has 0 atom stereocenters. The van der Waals surface area contributed by atoms with Crippen molar-refractivity contribution >= 4 is 23.0 Å². The molecule has 1 aromatic heterocycles. The first kappa shape index (κ1) is 18.5. The van der Waals surface area contributed by atoms with Crippen molar-refractivity contribution in [3.63, 3.8) is 0 Å². The van der Waals surface area contributed by atoms with E-state index in [1.807, 2.05) is 48.5 Å². The van der Waals surface area contributed by atoms with Crippen LogP contribution in [0, 0.1) is 10.1 Å². The molecule has 144 valence electrons. The predicted molar refractivity (Wildman–Crippen MR) is 110 cm³/mol. The van der Waals surface area contributed by atoms with Crippen LogP contribution < -0.4 is 4.90 Å². The van der Waals surface area contributed by atoms with Crippen molar-refractivity contribution in [1.29, 1.82) is 0 Å². The van der Waals surface area contributed by atoms with E-state index >= 15 is 0 Å². The summed E-state index contributed by atoms with van der Waals surface area (Å²) in [4.78, 5) is 15.0. The Hall–Kier alpha value is -2.83. The van der Waals surface area contributed by atoms with Crippen LogP contribution in [-0.4, -0.2) is 36.0 Å². The van der Waals surface area contributed by atoms with Crippen LogP contribution in [0.3, 0.4) is 0 Å². The molecular weight excluding hydrogens is 378 g/mol. The minimum absolute atomic E-state index is 0.122. The van der Waals surface area contributed by atoms with E-state index < -0.39 is 0 Å². The molecule has 0 aliphatic carbocycles. The lowest BCUT2D eigenvalue weighted by Crippen LogP contribution is -2.45. The SMILES string of the molecule is O=[N+]([O-])c1ccc(N2CCN(Cc3ccc(-c4ccc(Cl)cc4)o3)CC2)cc1. The minimum Gasteiger partial charge on any atom is -0.460 e. The molecule has 0 N–H and O–H groups in total. The second kappa shape index (κ2) is 8.04. The van der Waals surface area contributed by atoms with Gasteiger partial charge < -0.3 is 9.32 Å². The van der Waals surface area contributed by atoms with Crippen LogP contribution in [0.5, 0.6) is 0 Å². The fourth-order valence-electron chi connectivity index (χ4n) is 3.40. The maximum atomic E-state index is 10.8. The minimum atomic E-state index is -0.372. The lowest BCUT2D eigenvalue weighted by molar-refractivity contribution is -0.384. The number of benzene rings is 2. The number of hydrogen-bond donors (Lipinski definition) is 0. The molecule has 7 heteroatoms. The second-order valence-corrected chi connectivity index (χ2v) is 7.25. The Bertz CT molecular complexity index is 946. The summed E-state index contributed by atoms with van der Waals surface area (Å²) in [5.74, 6) is 1.78. The number of hydrogen-bond acceptors (Lipinski definition) is 5. The Kier molecular flexibility index (Phi) is 5.32. The molecule has 0 unspecified atom stereocenters. The monoisotopic (exact) mass is 397 g/mol. The predicted octanol–water partition coefficient (Wildman–Crippen LogP) is 4.83. The lowest BCUT2D eigenvalue weighted by Gasteiger charge is -2.35. The van der Waals surface area contributed by atoms with E-state index in [4.69, 9.17) is 16.0 Å². The van der Waals surface area contributed by atoms with Gasteiger partial charge in [-0.15, -0.1) is 0 Å². The summed E-state index contributed by atoms with van der Waals surface area (Å²) in [6, 6.07) is 18.4. The number of nitro groups is 1. The van der Waals surface area contributed by atoms with Gasteiger partial charge in [0.05, 0.1) is 11.5 Å². The quantitative estimate of drug-likeness (QED) is 0.455. The smallest absolute Gasteiger partial charge is 0.269 e. The third-order valence-electron chi connectivity index (χ3n) is 4.97. The van der Waals surface area contributed by atoms with Crippen molar-refractivity contribution in [2.45, 2.75) is 6.54 Å². The standard InChI is InChI=1S/C21H20ClN3O3/c22-17-3-1-16(2-4-17)21-10-9-20(28-21)15-23-11-13-24(14-12-23)18-5-7-19(8-6-18)25(26)27/h1-10H,11-15H2. The summed E-state index contributed by atoms with van der Waals surface area (Å²) < 4.78 is 6.00. The van der Waals surface area contributed by atoms with Crippen molar-refractivity contribution < 1.29 is 9.34 Å². The van der Waals surface area contributed by atoms with Crippen molar-refractivity contribution in [2.24, 2.45) is 0 Å². The van der Waals surface area contributed by atoms with Crippen molar-refractivity contribution in [3.8, 4) is 11.3 Å². The van der Waals surface area contributed by atoms with E-state index in [1.165, 1.54) is 0 Å². The molecule has 1 saturated heterocycles. The third-order valence-corrected chi connectivity index (χ3v) is 5.22. The van der Waals surface area contributed by atoms with Crippen LogP contribution >= 0.6 is 11.6 Å². The lowest BCUT2D eigenvalue weighted by atomic mass is 10.2. The number of piperazine rings is 1. The molecule has 3 aromatic rings. The van der Waals surface area contributed by atoms with E-state index in [0.29, 0.717) is 5.02 Å². The Morgan fingerprint density at radius 2 is 1.61 bits per heavy atom. The average Bonchev–Trinajstić information content (AvgIpc) is 3.18. The highest BCUT2D eigenvalue weighted by atomic mass is 35.5. The van der Waals surface area contributed by atoms with E-state index in [1.54, 1.807) is 12.1 Å². The van der Waals surface area contributed by atoms with Gasteiger partial charge in [-0.1, -0.05) is 11.6 Å². The zero-order valence-corrected chi connectivity index (χ0v) is 16.0. The normalized spacial score (nSPS) is 15.0. The molecule has 28 heavy (non-hydrogen) atoms. The van der Waals surface area contributed by atoms with Gasteiger partial charge in [0.1, 0.15) is 11.5 Å². The van der Waals surface area contributed by atoms with Crippen LogP contribution in [0.1, 0.15) is 5.76 Å². The first-order valence-electron chi connectivity index (χ1n) is 9.15. The highest BCUT2D eigenvalue weighted by molar-refractivity contribution is 6.30. The molecule has 0 spiro atoms. The van der Waals surface area contributed by atoms with E-state index in [9.17, 15) is 10.1 Å². The van der Waals surface area contributed by atoms with Gasteiger partial charge in [0.15, 0.2) is 0 Å². The Balaban J connectivity index is 1.33. The fraction of sp³-hybridized carbons (Fsp3) is 0.238. The largest absolute Gasteiger partial charge is 0.460 e. The van der Waals surface area contributed by atoms with Gasteiger partial charge in [0.2, 0.25) is 0 Å². The summed E-state index contributed by atoms with van der Waals surface area (Å²) >= 11 is 5.94. The molecule has 2 aromatic carbocycles. The van der Waals surface area contributed by atoms with E-state index in [2.05, 4.69) is 9.80 Å². The fourth-order valence-corrected chi connectivity index (χ4v) is 3.53. The number of rotatable bonds is 5. The van der Waals surface area contributed by atoms with Crippen LogP contribution in [0.15, 0.2) is 65.1 Å². The molecule has 1 aliphatic rings. The molecule has 1 fully saturated rings. The first-order chi connectivity index (χ1) is 13.6. The summed E-state index contributed by atoms with van der Waals surface area (Å²) in [6.07, 6.45) is 0. The highest BCUT2D eigenvalue weighted by Gasteiger charge is 2.19. The number of non-ortho nitro benzene ring substituents is 1. The molecule has 1 aliphatic heterocycles. The maximum Gasteiger partial charge on any atom is 0.269 e. The zero-order valence-electron chi connectivity index (χ0n) is 15.3. The molecule has 0 bridgehead atoms.